The van der Waals surface area contributed by atoms with Gasteiger partial charge in [-0.2, -0.15) is 0 Å². The Hall–Kier alpha value is -3.48. The van der Waals surface area contributed by atoms with Crippen LogP contribution in [0.25, 0.3) is 0 Å². The van der Waals surface area contributed by atoms with Gasteiger partial charge < -0.3 is 14.2 Å². The lowest BCUT2D eigenvalue weighted by Gasteiger charge is -2.36. The van der Waals surface area contributed by atoms with Crippen molar-refractivity contribution >= 4 is 17.5 Å². The summed E-state index contributed by atoms with van der Waals surface area (Å²) >= 11 is 0. The molecule has 0 fully saturated rings. The van der Waals surface area contributed by atoms with E-state index in [-0.39, 0.29) is 24.7 Å². The average Bonchev–Trinajstić information content (AvgIpc) is 2.86. The van der Waals surface area contributed by atoms with Crippen LogP contribution in [0.3, 0.4) is 0 Å². The number of aliphatic imine (C=N–C) groups is 1. The monoisotopic (exact) mass is 479 g/mol. The lowest BCUT2D eigenvalue weighted by molar-refractivity contribution is -0.146. The summed E-state index contributed by atoms with van der Waals surface area (Å²) in [5.41, 5.74) is 2.79. The smallest absolute Gasteiger partial charge is 0.315 e. The second-order valence-electron chi connectivity index (χ2n) is 8.90. The number of allylic oxidation sites excluding steroid dienone is 2. The van der Waals surface area contributed by atoms with Crippen LogP contribution in [-0.2, 0) is 14.3 Å². The molecule has 1 unspecified atom stereocenters. The second kappa shape index (κ2) is 10.4. The summed E-state index contributed by atoms with van der Waals surface area (Å²) in [6.45, 7) is 3.91. The highest BCUT2D eigenvalue weighted by molar-refractivity contribution is 6.09. The minimum atomic E-state index is -0.848. The Morgan fingerprint density at radius 1 is 1.09 bits per heavy atom. The Kier molecular flexibility index (Phi) is 7.34. The summed E-state index contributed by atoms with van der Waals surface area (Å²) in [6.07, 6.45) is 1.39. The summed E-state index contributed by atoms with van der Waals surface area (Å²) in [6, 6.07) is 11.9. The third kappa shape index (κ3) is 4.72. The number of methoxy groups -OCH3 is 2. The third-order valence-electron chi connectivity index (χ3n) is 6.71. The predicted octanol–water partition coefficient (Wildman–Crippen LogP) is 5.37. The van der Waals surface area contributed by atoms with Crippen LogP contribution in [0.5, 0.6) is 11.5 Å². The SMILES string of the molecule is CCCOC(=O)C1C(C)=NC2=C(C(=O)C[C@@H](c3ccc(OC)c(OC)c3)C2)[C@@H]1c1ccccc1F. The Balaban J connectivity index is 1.77. The lowest BCUT2D eigenvalue weighted by Crippen LogP contribution is -2.38. The van der Waals surface area contributed by atoms with Crippen LogP contribution in [0, 0.1) is 11.7 Å². The number of hydrogen-bond acceptors (Lipinski definition) is 6. The molecule has 6 nitrogen and oxygen atoms in total. The van der Waals surface area contributed by atoms with Gasteiger partial charge in [0.05, 0.1) is 20.8 Å². The van der Waals surface area contributed by atoms with Crippen molar-refractivity contribution in [2.24, 2.45) is 10.9 Å². The van der Waals surface area contributed by atoms with Crippen molar-refractivity contribution in [3.05, 3.63) is 70.7 Å². The first-order valence-corrected chi connectivity index (χ1v) is 11.8. The Labute approximate surface area is 204 Å². The number of benzene rings is 2. The molecule has 0 radical (unpaired) electrons. The van der Waals surface area contributed by atoms with Gasteiger partial charge in [0.25, 0.3) is 0 Å². The van der Waals surface area contributed by atoms with E-state index < -0.39 is 23.6 Å². The molecule has 0 spiro atoms. The van der Waals surface area contributed by atoms with Crippen LogP contribution in [-0.4, -0.2) is 38.3 Å². The van der Waals surface area contributed by atoms with Crippen molar-refractivity contribution in [1.82, 2.24) is 0 Å². The molecule has 0 bridgehead atoms. The minimum absolute atomic E-state index is 0.123. The van der Waals surface area contributed by atoms with Gasteiger partial charge in [0, 0.05) is 29.3 Å². The molecular formula is C28H30FNO5. The van der Waals surface area contributed by atoms with Crippen molar-refractivity contribution in [3.63, 3.8) is 0 Å². The second-order valence-corrected chi connectivity index (χ2v) is 8.90. The van der Waals surface area contributed by atoms with Crippen LogP contribution in [0.4, 0.5) is 4.39 Å². The highest BCUT2D eigenvalue weighted by Gasteiger charge is 2.45. The van der Waals surface area contributed by atoms with Gasteiger partial charge in [-0.25, -0.2) is 4.39 Å². The molecule has 1 heterocycles. The normalized spacial score (nSPS) is 21.8. The molecule has 4 rings (SSSR count). The number of ketones is 1. The third-order valence-corrected chi connectivity index (χ3v) is 6.71. The van der Waals surface area contributed by atoms with E-state index in [0.717, 1.165) is 5.56 Å². The summed E-state index contributed by atoms with van der Waals surface area (Å²) in [4.78, 5) is 31.4. The summed E-state index contributed by atoms with van der Waals surface area (Å²) in [5, 5.41) is 0. The summed E-state index contributed by atoms with van der Waals surface area (Å²) < 4.78 is 31.2. The van der Waals surface area contributed by atoms with Crippen LogP contribution in [0.1, 0.15) is 56.1 Å². The van der Waals surface area contributed by atoms with E-state index in [0.29, 0.717) is 46.9 Å². The summed E-state index contributed by atoms with van der Waals surface area (Å²) in [7, 11) is 3.14. The van der Waals surface area contributed by atoms with Gasteiger partial charge in [0.2, 0.25) is 0 Å². The highest BCUT2D eigenvalue weighted by Crippen LogP contribution is 2.48. The topological polar surface area (TPSA) is 74.2 Å². The van der Waals surface area contributed by atoms with E-state index in [9.17, 15) is 9.59 Å². The van der Waals surface area contributed by atoms with Crippen molar-refractivity contribution < 1.29 is 28.2 Å². The number of carbonyl (C=O) groups is 2. The largest absolute Gasteiger partial charge is 0.493 e. The van der Waals surface area contributed by atoms with Gasteiger partial charge in [-0.1, -0.05) is 31.2 Å². The number of esters is 1. The zero-order valence-electron chi connectivity index (χ0n) is 20.5. The molecule has 1 aliphatic carbocycles. The number of Topliss-reactive ketones (excluding diaryl/α,β-unsaturated/α-hetero) is 1. The molecule has 2 aliphatic rings. The maximum atomic E-state index is 15.0. The zero-order chi connectivity index (χ0) is 25.1. The van der Waals surface area contributed by atoms with Gasteiger partial charge >= 0.3 is 5.97 Å². The fourth-order valence-corrected chi connectivity index (χ4v) is 5.06. The van der Waals surface area contributed by atoms with Gasteiger partial charge in [0.15, 0.2) is 17.3 Å². The number of nitrogens with zero attached hydrogens (tertiary/aromatic N) is 1. The number of rotatable bonds is 7. The Bertz CT molecular complexity index is 1200. The van der Waals surface area contributed by atoms with Crippen LogP contribution in [0.2, 0.25) is 0 Å². The first-order chi connectivity index (χ1) is 16.9. The van der Waals surface area contributed by atoms with Crippen LogP contribution < -0.4 is 9.47 Å². The first kappa shape index (κ1) is 24.6. The molecule has 184 valence electrons. The van der Waals surface area contributed by atoms with Crippen molar-refractivity contribution in [1.29, 1.82) is 0 Å². The van der Waals surface area contributed by atoms with Crippen molar-refractivity contribution in [2.45, 2.75) is 44.9 Å². The number of halogens is 1. The van der Waals surface area contributed by atoms with Gasteiger partial charge in [-0.15, -0.1) is 0 Å². The molecule has 0 amide bonds. The molecule has 2 aromatic carbocycles. The van der Waals surface area contributed by atoms with Crippen LogP contribution >= 0.6 is 0 Å². The maximum absolute atomic E-state index is 15.0. The molecule has 3 atom stereocenters. The van der Waals surface area contributed by atoms with Crippen molar-refractivity contribution in [2.75, 3.05) is 20.8 Å². The quantitative estimate of drug-likeness (QED) is 0.499. The molecule has 2 aromatic rings. The van der Waals surface area contributed by atoms with Crippen molar-refractivity contribution in [3.8, 4) is 11.5 Å². The molecule has 1 aliphatic heterocycles. The highest BCUT2D eigenvalue weighted by atomic mass is 19.1. The van der Waals surface area contributed by atoms with E-state index >= 15 is 4.39 Å². The molecule has 0 saturated heterocycles. The van der Waals surface area contributed by atoms with E-state index in [1.165, 1.54) is 6.07 Å². The van der Waals surface area contributed by atoms with Crippen LogP contribution in [0.15, 0.2) is 58.7 Å². The molecule has 0 N–H and O–H groups in total. The Morgan fingerprint density at radius 2 is 1.83 bits per heavy atom. The zero-order valence-corrected chi connectivity index (χ0v) is 20.5. The van der Waals surface area contributed by atoms with Gasteiger partial charge in [0.1, 0.15) is 11.7 Å². The van der Waals surface area contributed by atoms with E-state index in [4.69, 9.17) is 19.2 Å². The van der Waals surface area contributed by atoms with E-state index in [1.807, 2.05) is 25.1 Å². The first-order valence-electron chi connectivity index (χ1n) is 11.8. The fourth-order valence-electron chi connectivity index (χ4n) is 5.06. The minimum Gasteiger partial charge on any atom is -0.493 e. The summed E-state index contributed by atoms with van der Waals surface area (Å²) in [5.74, 6) is -1.62. The standard InChI is InChI=1S/C28H30FNO5/c1-5-12-35-28(32)25-16(2)30-21-13-18(17-10-11-23(33-3)24(15-17)34-4)14-22(31)27(21)26(25)19-8-6-7-9-20(19)29/h6-11,15,18,25-26H,5,12-14H2,1-4H3/t18-,25?,26+/m0/s1. The predicted molar refractivity (Wildman–Crippen MR) is 131 cm³/mol. The molecular weight excluding hydrogens is 449 g/mol. The number of hydrogen-bond donors (Lipinski definition) is 0. The molecule has 0 aromatic heterocycles. The average molecular weight is 480 g/mol. The number of carbonyl (C=O) groups excluding carboxylic acids is 2. The van der Waals surface area contributed by atoms with E-state index in [1.54, 1.807) is 39.3 Å². The van der Waals surface area contributed by atoms with Gasteiger partial charge in [-0.3, -0.25) is 14.6 Å². The Morgan fingerprint density at radius 3 is 2.51 bits per heavy atom. The van der Waals surface area contributed by atoms with Gasteiger partial charge in [-0.05, 0) is 55.0 Å². The molecule has 35 heavy (non-hydrogen) atoms. The van der Waals surface area contributed by atoms with E-state index in [2.05, 4.69) is 0 Å². The molecule has 0 saturated carbocycles. The molecule has 7 heteroatoms. The maximum Gasteiger partial charge on any atom is 0.315 e. The number of ether oxygens (including phenoxy) is 3. The fraction of sp³-hybridized carbons (Fsp3) is 0.393. The lowest BCUT2D eigenvalue weighted by atomic mass is 9.69.